The summed E-state index contributed by atoms with van der Waals surface area (Å²) in [6, 6.07) is 20.6. The van der Waals surface area contributed by atoms with E-state index in [-0.39, 0.29) is 22.9 Å². The summed E-state index contributed by atoms with van der Waals surface area (Å²) >= 11 is 6.36. The molecule has 1 spiro atoms. The molecule has 2 heterocycles. The third-order valence-electron chi connectivity index (χ3n) is 8.94. The van der Waals surface area contributed by atoms with Gasteiger partial charge in [0.2, 0.25) is 0 Å². The van der Waals surface area contributed by atoms with Crippen molar-refractivity contribution in [1.82, 2.24) is 0 Å². The largest absolute Gasteiger partial charge is 0.497 e. The predicted molar refractivity (Wildman–Crippen MR) is 161 cm³/mol. The van der Waals surface area contributed by atoms with E-state index in [0.717, 1.165) is 5.56 Å². The van der Waals surface area contributed by atoms with E-state index in [1.807, 2.05) is 17.1 Å². The number of Topliss-reactive ketones (excluding diaryl/α,β-unsaturated/α-hetero) is 3. The second-order valence-corrected chi connectivity index (χ2v) is 11.3. The van der Waals surface area contributed by atoms with E-state index in [4.69, 9.17) is 21.1 Å². The lowest BCUT2D eigenvalue weighted by molar-refractivity contribution is 0.0664. The van der Waals surface area contributed by atoms with Gasteiger partial charge in [-0.25, -0.2) is 4.39 Å². The molecule has 1 aliphatic carbocycles. The average molecular weight is 594 g/mol. The first-order valence-corrected chi connectivity index (χ1v) is 14.2. The molecule has 1 fully saturated rings. The number of hydrogen-bond acceptors (Lipinski definition) is 6. The molecule has 0 saturated carbocycles. The molecule has 8 heteroatoms. The number of nitrogens with zero attached hydrogens (tertiary/aromatic N) is 1. The molecule has 0 radical (unpaired) electrons. The number of ketones is 3. The van der Waals surface area contributed by atoms with Crippen molar-refractivity contribution in [2.45, 2.75) is 18.0 Å². The second kappa shape index (κ2) is 9.92. The molecule has 214 valence electrons. The topological polar surface area (TPSA) is 72.9 Å². The normalized spacial score (nSPS) is 21.0. The fraction of sp³-hybridized carbons (Fsp3) is 0.171. The first-order chi connectivity index (χ1) is 20.8. The van der Waals surface area contributed by atoms with Crippen molar-refractivity contribution in [1.29, 1.82) is 0 Å². The van der Waals surface area contributed by atoms with Crippen LogP contribution in [0.4, 0.5) is 10.1 Å². The highest BCUT2D eigenvalue weighted by atomic mass is 35.5. The van der Waals surface area contributed by atoms with E-state index >= 15 is 0 Å². The third-order valence-corrected chi connectivity index (χ3v) is 9.17. The summed E-state index contributed by atoms with van der Waals surface area (Å²) in [6.45, 7) is 0. The number of ether oxygens (including phenoxy) is 2. The van der Waals surface area contributed by atoms with Crippen molar-refractivity contribution in [3.05, 3.63) is 130 Å². The summed E-state index contributed by atoms with van der Waals surface area (Å²) in [6.07, 6.45) is 3.66. The Hall–Kier alpha value is -4.75. The maximum Gasteiger partial charge on any atom is 0.185 e. The number of rotatable bonds is 5. The van der Waals surface area contributed by atoms with Gasteiger partial charge in [0.1, 0.15) is 28.8 Å². The molecular formula is C35H25ClFNO5. The summed E-state index contributed by atoms with van der Waals surface area (Å²) in [5.41, 5.74) is 1.01. The Labute approximate surface area is 252 Å². The highest BCUT2D eigenvalue weighted by molar-refractivity contribution is 6.33. The van der Waals surface area contributed by atoms with Crippen molar-refractivity contribution in [2.24, 2.45) is 5.41 Å². The lowest BCUT2D eigenvalue weighted by Crippen LogP contribution is -2.48. The molecule has 0 amide bonds. The standard InChI is InChI=1S/C35H25ClFNO5/c1-42-23-13-15-28(43-2)26(18-23)30-31(32(39)19-7-11-22(37)12-8-19)38-27-14-10-21(36)17-20(27)9-16-29(38)35(30)33(40)24-5-3-4-6-25(24)34(35)41/h3-18,29-31H,1-2H3/t29-,30-,31-/m1/s1. The van der Waals surface area contributed by atoms with Crippen LogP contribution in [0.1, 0.15) is 48.1 Å². The summed E-state index contributed by atoms with van der Waals surface area (Å²) in [7, 11) is 3.02. The fourth-order valence-corrected chi connectivity index (χ4v) is 7.34. The summed E-state index contributed by atoms with van der Waals surface area (Å²) in [5, 5.41) is 0.503. The molecule has 43 heavy (non-hydrogen) atoms. The van der Waals surface area contributed by atoms with Gasteiger partial charge in [-0.1, -0.05) is 48.0 Å². The van der Waals surface area contributed by atoms with E-state index in [2.05, 4.69) is 0 Å². The van der Waals surface area contributed by atoms with Gasteiger partial charge < -0.3 is 14.4 Å². The molecule has 0 bridgehead atoms. The SMILES string of the molecule is COc1ccc(OC)c([C@@H]2[C@H](C(=O)c3ccc(F)cc3)N3c4ccc(Cl)cc4C=C[C@@H]3C23C(=O)c2ccccc2C3=O)c1. The van der Waals surface area contributed by atoms with Crippen LogP contribution in [0.5, 0.6) is 11.5 Å². The number of anilines is 1. The molecule has 0 aromatic heterocycles. The molecule has 4 aromatic carbocycles. The molecule has 6 nitrogen and oxygen atoms in total. The van der Waals surface area contributed by atoms with Crippen molar-refractivity contribution < 1.29 is 28.2 Å². The highest BCUT2D eigenvalue weighted by Crippen LogP contribution is 2.62. The number of benzene rings is 4. The van der Waals surface area contributed by atoms with E-state index in [9.17, 15) is 18.8 Å². The number of carbonyl (C=O) groups is 3. The van der Waals surface area contributed by atoms with Crippen molar-refractivity contribution in [3.8, 4) is 11.5 Å². The number of methoxy groups -OCH3 is 2. The van der Waals surface area contributed by atoms with Crippen molar-refractivity contribution in [3.63, 3.8) is 0 Å². The van der Waals surface area contributed by atoms with Crippen LogP contribution in [-0.4, -0.2) is 43.7 Å². The van der Waals surface area contributed by atoms with Crippen LogP contribution in [0.2, 0.25) is 5.02 Å². The highest BCUT2D eigenvalue weighted by Gasteiger charge is 2.72. The van der Waals surface area contributed by atoms with E-state index < -0.39 is 29.2 Å². The number of halogens is 2. The van der Waals surface area contributed by atoms with Gasteiger partial charge in [0.25, 0.3) is 0 Å². The van der Waals surface area contributed by atoms with Gasteiger partial charge in [0, 0.05) is 38.9 Å². The van der Waals surface area contributed by atoms with Crippen LogP contribution in [0.15, 0.2) is 91.0 Å². The minimum Gasteiger partial charge on any atom is -0.497 e. The van der Waals surface area contributed by atoms with Gasteiger partial charge in [-0.15, -0.1) is 0 Å². The third kappa shape index (κ3) is 3.74. The van der Waals surface area contributed by atoms with Crippen molar-refractivity contribution >= 4 is 40.7 Å². The predicted octanol–water partition coefficient (Wildman–Crippen LogP) is 6.81. The first kappa shape index (κ1) is 27.1. The quantitative estimate of drug-likeness (QED) is 0.187. The maximum atomic E-state index is 14.8. The molecule has 0 N–H and O–H groups in total. The van der Waals surface area contributed by atoms with E-state index in [1.54, 1.807) is 60.7 Å². The minimum atomic E-state index is -1.72. The molecule has 3 atom stereocenters. The Balaban J connectivity index is 1.58. The van der Waals surface area contributed by atoms with Crippen LogP contribution in [-0.2, 0) is 0 Å². The Morgan fingerprint density at radius 2 is 1.58 bits per heavy atom. The van der Waals surface area contributed by atoms with Gasteiger partial charge in [-0.2, -0.15) is 0 Å². The first-order valence-electron chi connectivity index (χ1n) is 13.8. The summed E-state index contributed by atoms with van der Waals surface area (Å²) < 4.78 is 25.4. The second-order valence-electron chi connectivity index (χ2n) is 10.9. The van der Waals surface area contributed by atoms with Gasteiger partial charge in [-0.05, 0) is 66.2 Å². The van der Waals surface area contributed by atoms with Gasteiger partial charge in [0.05, 0.1) is 20.3 Å². The minimum absolute atomic E-state index is 0.245. The summed E-state index contributed by atoms with van der Waals surface area (Å²) in [5.74, 6) is -1.73. The van der Waals surface area contributed by atoms with Crippen LogP contribution in [0, 0.1) is 11.2 Å². The van der Waals surface area contributed by atoms with Crippen LogP contribution < -0.4 is 14.4 Å². The fourth-order valence-electron chi connectivity index (χ4n) is 7.16. The molecule has 7 rings (SSSR count). The molecule has 3 aliphatic rings. The monoisotopic (exact) mass is 593 g/mol. The summed E-state index contributed by atoms with van der Waals surface area (Å²) in [4.78, 5) is 46.2. The molecular weight excluding hydrogens is 569 g/mol. The Morgan fingerprint density at radius 1 is 0.884 bits per heavy atom. The van der Waals surface area contributed by atoms with Gasteiger partial charge >= 0.3 is 0 Å². The van der Waals surface area contributed by atoms with Crippen LogP contribution in [0.25, 0.3) is 6.08 Å². The zero-order valence-corrected chi connectivity index (χ0v) is 24.0. The van der Waals surface area contributed by atoms with Crippen LogP contribution in [0.3, 0.4) is 0 Å². The number of hydrogen-bond donors (Lipinski definition) is 0. The van der Waals surface area contributed by atoms with E-state index in [0.29, 0.717) is 38.9 Å². The number of fused-ring (bicyclic) bond motifs is 5. The Morgan fingerprint density at radius 3 is 2.23 bits per heavy atom. The molecule has 0 unspecified atom stereocenters. The zero-order chi connectivity index (χ0) is 30.0. The molecule has 4 aromatic rings. The lowest BCUT2D eigenvalue weighted by Gasteiger charge is -2.37. The maximum absolute atomic E-state index is 14.8. The molecule has 2 aliphatic heterocycles. The van der Waals surface area contributed by atoms with Gasteiger partial charge in [0.15, 0.2) is 17.3 Å². The van der Waals surface area contributed by atoms with Crippen LogP contribution >= 0.6 is 11.6 Å². The Bertz CT molecular complexity index is 1830. The van der Waals surface area contributed by atoms with Crippen molar-refractivity contribution in [2.75, 3.05) is 19.1 Å². The van der Waals surface area contributed by atoms with Gasteiger partial charge in [-0.3, -0.25) is 14.4 Å². The average Bonchev–Trinajstić information content (AvgIpc) is 3.46. The Kier molecular flexibility index (Phi) is 6.25. The smallest absolute Gasteiger partial charge is 0.185 e. The molecule has 1 saturated heterocycles. The van der Waals surface area contributed by atoms with E-state index in [1.165, 1.54) is 38.5 Å². The lowest BCUT2D eigenvalue weighted by atomic mass is 9.64. The number of carbonyl (C=O) groups excluding carboxylic acids is 3. The zero-order valence-electron chi connectivity index (χ0n) is 23.2.